The van der Waals surface area contributed by atoms with E-state index >= 15 is 0 Å². The van der Waals surface area contributed by atoms with E-state index in [2.05, 4.69) is 21.4 Å². The molecule has 7 nitrogen and oxygen atoms in total. The van der Waals surface area contributed by atoms with Crippen molar-refractivity contribution in [2.45, 2.75) is 19.8 Å². The van der Waals surface area contributed by atoms with Crippen LogP contribution in [0.3, 0.4) is 0 Å². The van der Waals surface area contributed by atoms with Crippen LogP contribution in [0.1, 0.15) is 24.0 Å². The third kappa shape index (κ3) is 3.08. The number of aromatic nitrogens is 2. The average Bonchev–Trinajstić information content (AvgIpc) is 3.18. The number of nitrogens with zero attached hydrogens (tertiary/aromatic N) is 5. The standard InChI is InChI=1S/C23H25N5O2/c1-16-13-21(28-20-7-3-2-6-19(20)25-22(28)18(16)14-24)27-8-4-5-17(15-27)23(29)26-9-11-30-12-10-26/h2-3,6-7,13,17H,4-5,8-12,15H2,1H3. The van der Waals surface area contributed by atoms with Crippen LogP contribution in [-0.4, -0.2) is 59.6 Å². The summed E-state index contributed by atoms with van der Waals surface area (Å²) in [7, 11) is 0. The molecule has 2 aromatic heterocycles. The van der Waals surface area contributed by atoms with E-state index < -0.39 is 0 Å². The minimum absolute atomic E-state index is 0.0161. The number of nitriles is 1. The van der Waals surface area contributed by atoms with Crippen molar-refractivity contribution in [2.24, 2.45) is 5.92 Å². The first-order valence-electron chi connectivity index (χ1n) is 10.6. The summed E-state index contributed by atoms with van der Waals surface area (Å²) < 4.78 is 7.49. The molecule has 1 amide bonds. The molecule has 7 heteroatoms. The molecule has 2 aliphatic heterocycles. The van der Waals surface area contributed by atoms with E-state index in [0.29, 0.717) is 44.1 Å². The molecule has 0 N–H and O–H groups in total. The quantitative estimate of drug-likeness (QED) is 0.658. The number of carbonyl (C=O) groups excluding carboxylic acids is 1. The number of para-hydroxylation sites is 2. The molecule has 1 aromatic carbocycles. The number of imidazole rings is 1. The Hall–Kier alpha value is -3.11. The smallest absolute Gasteiger partial charge is 0.227 e. The van der Waals surface area contributed by atoms with E-state index in [1.165, 1.54) is 0 Å². The minimum atomic E-state index is -0.0161. The fourth-order valence-corrected chi connectivity index (χ4v) is 4.73. The molecule has 0 aliphatic carbocycles. The third-order valence-electron chi connectivity index (χ3n) is 6.28. The summed E-state index contributed by atoms with van der Waals surface area (Å²) in [6.07, 6.45) is 1.88. The van der Waals surface area contributed by atoms with Crippen molar-refractivity contribution in [2.75, 3.05) is 44.3 Å². The number of hydrogen-bond acceptors (Lipinski definition) is 5. The van der Waals surface area contributed by atoms with Gasteiger partial charge < -0.3 is 14.5 Å². The second-order valence-electron chi connectivity index (χ2n) is 8.15. The number of aryl methyl sites for hydroxylation is 1. The van der Waals surface area contributed by atoms with E-state index in [4.69, 9.17) is 9.72 Å². The normalized spacial score (nSPS) is 19.9. The van der Waals surface area contributed by atoms with Crippen LogP contribution in [0, 0.1) is 24.2 Å². The molecule has 0 radical (unpaired) electrons. The van der Waals surface area contributed by atoms with Crippen molar-refractivity contribution in [1.82, 2.24) is 14.3 Å². The number of hydrogen-bond donors (Lipinski definition) is 0. The molecule has 2 fully saturated rings. The predicted octanol–water partition coefficient (Wildman–Crippen LogP) is 2.74. The molecule has 0 spiro atoms. The highest BCUT2D eigenvalue weighted by Crippen LogP contribution is 2.31. The molecule has 1 atom stereocenters. The summed E-state index contributed by atoms with van der Waals surface area (Å²) in [6.45, 7) is 6.14. The predicted molar refractivity (Wildman–Crippen MR) is 114 cm³/mol. The lowest BCUT2D eigenvalue weighted by atomic mass is 9.96. The lowest BCUT2D eigenvalue weighted by Gasteiger charge is -2.37. The number of rotatable bonds is 2. The molecule has 2 saturated heterocycles. The fourth-order valence-electron chi connectivity index (χ4n) is 4.73. The maximum Gasteiger partial charge on any atom is 0.227 e. The van der Waals surface area contributed by atoms with Crippen molar-refractivity contribution in [1.29, 1.82) is 5.26 Å². The Labute approximate surface area is 175 Å². The molecular weight excluding hydrogens is 378 g/mol. The van der Waals surface area contributed by atoms with E-state index in [9.17, 15) is 10.1 Å². The van der Waals surface area contributed by atoms with Gasteiger partial charge in [-0.05, 0) is 43.5 Å². The van der Waals surface area contributed by atoms with Crippen LogP contribution in [0.15, 0.2) is 30.3 Å². The number of piperidine rings is 1. The largest absolute Gasteiger partial charge is 0.378 e. The van der Waals surface area contributed by atoms with Crippen LogP contribution < -0.4 is 4.90 Å². The van der Waals surface area contributed by atoms with Gasteiger partial charge in [0.2, 0.25) is 5.91 Å². The zero-order valence-corrected chi connectivity index (χ0v) is 17.2. The molecule has 2 aliphatic rings. The SMILES string of the molecule is Cc1cc(N2CCCC(C(=O)N3CCOCC3)C2)n2c(nc3ccccc32)c1C#N. The van der Waals surface area contributed by atoms with Crippen molar-refractivity contribution < 1.29 is 9.53 Å². The first kappa shape index (κ1) is 18.9. The van der Waals surface area contributed by atoms with Gasteiger partial charge in [0.25, 0.3) is 0 Å². The topological polar surface area (TPSA) is 73.9 Å². The van der Waals surface area contributed by atoms with Crippen molar-refractivity contribution >= 4 is 28.4 Å². The van der Waals surface area contributed by atoms with Gasteiger partial charge in [0.05, 0.1) is 35.7 Å². The van der Waals surface area contributed by atoms with Gasteiger partial charge in [0, 0.05) is 26.2 Å². The van der Waals surface area contributed by atoms with Crippen LogP contribution in [0.2, 0.25) is 0 Å². The Morgan fingerprint density at radius 1 is 1.23 bits per heavy atom. The van der Waals surface area contributed by atoms with E-state index in [-0.39, 0.29) is 11.8 Å². The van der Waals surface area contributed by atoms with Crippen molar-refractivity contribution in [3.63, 3.8) is 0 Å². The molecular formula is C23H25N5O2. The fraction of sp³-hybridized carbons (Fsp3) is 0.435. The monoisotopic (exact) mass is 403 g/mol. The van der Waals surface area contributed by atoms with E-state index in [1.54, 1.807) is 0 Å². The number of pyridine rings is 1. The van der Waals surface area contributed by atoms with Gasteiger partial charge in [-0.25, -0.2) is 4.98 Å². The molecule has 3 aromatic rings. The summed E-state index contributed by atoms with van der Waals surface area (Å²) >= 11 is 0. The van der Waals surface area contributed by atoms with Crippen LogP contribution in [0.5, 0.6) is 0 Å². The molecule has 5 rings (SSSR count). The van der Waals surface area contributed by atoms with Crippen LogP contribution in [0.25, 0.3) is 16.7 Å². The van der Waals surface area contributed by atoms with E-state index in [0.717, 1.165) is 41.8 Å². The van der Waals surface area contributed by atoms with Crippen molar-refractivity contribution in [3.05, 3.63) is 41.5 Å². The Balaban J connectivity index is 1.55. The number of benzene rings is 1. The molecule has 30 heavy (non-hydrogen) atoms. The highest BCUT2D eigenvalue weighted by molar-refractivity contribution is 5.85. The molecule has 4 heterocycles. The number of ether oxygens (including phenoxy) is 1. The van der Waals surface area contributed by atoms with Crippen LogP contribution in [0.4, 0.5) is 5.82 Å². The lowest BCUT2D eigenvalue weighted by molar-refractivity contribution is -0.139. The minimum Gasteiger partial charge on any atom is -0.378 e. The average molecular weight is 403 g/mol. The van der Waals surface area contributed by atoms with Gasteiger partial charge in [-0.15, -0.1) is 0 Å². The number of morpholine rings is 1. The lowest BCUT2D eigenvalue weighted by Crippen LogP contribution is -2.48. The summed E-state index contributed by atoms with van der Waals surface area (Å²) in [4.78, 5) is 22.1. The maximum absolute atomic E-state index is 13.1. The van der Waals surface area contributed by atoms with Gasteiger partial charge in [-0.2, -0.15) is 5.26 Å². The summed E-state index contributed by atoms with van der Waals surface area (Å²) in [6, 6.07) is 12.4. The highest BCUT2D eigenvalue weighted by Gasteiger charge is 2.31. The van der Waals surface area contributed by atoms with Gasteiger partial charge in [-0.1, -0.05) is 12.1 Å². The van der Waals surface area contributed by atoms with Crippen molar-refractivity contribution in [3.8, 4) is 6.07 Å². The van der Waals surface area contributed by atoms with Crippen LogP contribution >= 0.6 is 0 Å². The van der Waals surface area contributed by atoms with Gasteiger partial charge in [-0.3, -0.25) is 9.20 Å². The summed E-state index contributed by atoms with van der Waals surface area (Å²) in [5.74, 6) is 1.23. The molecule has 0 bridgehead atoms. The maximum atomic E-state index is 13.1. The first-order valence-corrected chi connectivity index (χ1v) is 10.6. The van der Waals surface area contributed by atoms with Crippen LogP contribution in [-0.2, 0) is 9.53 Å². The summed E-state index contributed by atoms with van der Waals surface area (Å²) in [5.41, 5.74) is 4.07. The van der Waals surface area contributed by atoms with Gasteiger partial charge in [0.1, 0.15) is 11.9 Å². The Morgan fingerprint density at radius 2 is 2.03 bits per heavy atom. The second-order valence-corrected chi connectivity index (χ2v) is 8.15. The molecule has 0 saturated carbocycles. The third-order valence-corrected chi connectivity index (χ3v) is 6.28. The zero-order valence-electron chi connectivity index (χ0n) is 17.2. The molecule has 1 unspecified atom stereocenters. The number of fused-ring (bicyclic) bond motifs is 3. The van der Waals surface area contributed by atoms with E-state index in [1.807, 2.05) is 36.1 Å². The molecule has 154 valence electrons. The zero-order chi connectivity index (χ0) is 20.7. The highest BCUT2D eigenvalue weighted by atomic mass is 16.5. The number of anilines is 1. The van der Waals surface area contributed by atoms with Gasteiger partial charge in [0.15, 0.2) is 5.65 Å². The summed E-state index contributed by atoms with van der Waals surface area (Å²) in [5, 5.41) is 9.72. The second kappa shape index (κ2) is 7.62. The van der Waals surface area contributed by atoms with Gasteiger partial charge >= 0.3 is 0 Å². The Bertz CT molecular complexity index is 1160. The first-order chi connectivity index (χ1) is 14.7. The number of amides is 1. The number of carbonyl (C=O) groups is 1. The Morgan fingerprint density at radius 3 is 2.83 bits per heavy atom. The Kier molecular flexibility index (Phi) is 4.80.